The Morgan fingerprint density at radius 1 is 1.00 bits per heavy atom. The van der Waals surface area contributed by atoms with E-state index >= 15 is 0 Å². The van der Waals surface area contributed by atoms with Gasteiger partial charge in [-0.1, -0.05) is 24.3 Å². The van der Waals surface area contributed by atoms with Crippen molar-refractivity contribution >= 4 is 34.5 Å². The van der Waals surface area contributed by atoms with E-state index in [0.29, 0.717) is 5.56 Å². The van der Waals surface area contributed by atoms with Crippen molar-refractivity contribution in [2.45, 2.75) is 31.7 Å². The molecule has 2 aliphatic rings. The van der Waals surface area contributed by atoms with Gasteiger partial charge >= 0.3 is 0 Å². The molecule has 6 heteroatoms. The van der Waals surface area contributed by atoms with Crippen LogP contribution in [0.2, 0.25) is 0 Å². The Morgan fingerprint density at radius 2 is 1.81 bits per heavy atom. The number of hydrogen-bond acceptors (Lipinski definition) is 4. The molecule has 1 N–H and O–H groups in total. The van der Waals surface area contributed by atoms with Gasteiger partial charge in [-0.25, -0.2) is 4.39 Å². The summed E-state index contributed by atoms with van der Waals surface area (Å²) >= 11 is 1.38. The molecule has 1 aliphatic carbocycles. The molecule has 4 nitrogen and oxygen atoms in total. The number of aryl methyl sites for hydroxylation is 2. The van der Waals surface area contributed by atoms with Gasteiger partial charge in [0.1, 0.15) is 17.6 Å². The van der Waals surface area contributed by atoms with Gasteiger partial charge in [0.05, 0.1) is 5.57 Å². The number of carbonyl (C=O) groups excluding carboxylic acids is 2. The first-order chi connectivity index (χ1) is 15.0. The summed E-state index contributed by atoms with van der Waals surface area (Å²) in [4.78, 5) is 28.1. The van der Waals surface area contributed by atoms with Crippen molar-refractivity contribution < 1.29 is 19.1 Å². The average Bonchev–Trinajstić information content (AvgIpc) is 3.40. The number of Topliss-reactive ketones (excluding diaryl/α,β-unsaturated/α-hetero) is 1. The zero-order valence-corrected chi connectivity index (χ0v) is 17.5. The summed E-state index contributed by atoms with van der Waals surface area (Å²) in [5.74, 6) is -2.23. The molecule has 0 bridgehead atoms. The second-order valence-electron chi connectivity index (χ2n) is 7.85. The van der Waals surface area contributed by atoms with Crippen LogP contribution in [-0.4, -0.2) is 16.8 Å². The predicted molar refractivity (Wildman–Crippen MR) is 119 cm³/mol. The number of hydrogen-bond donors (Lipinski definition) is 1. The van der Waals surface area contributed by atoms with Gasteiger partial charge in [-0.15, -0.1) is 11.3 Å². The quantitative estimate of drug-likeness (QED) is 0.342. The number of rotatable bonds is 3. The van der Waals surface area contributed by atoms with Crippen molar-refractivity contribution in [1.82, 2.24) is 0 Å². The van der Waals surface area contributed by atoms with Crippen LogP contribution in [0.5, 0.6) is 0 Å². The van der Waals surface area contributed by atoms with Crippen molar-refractivity contribution in [2.24, 2.45) is 0 Å². The lowest BCUT2D eigenvalue weighted by atomic mass is 9.89. The molecule has 0 saturated carbocycles. The summed E-state index contributed by atoms with van der Waals surface area (Å²) in [6.07, 6.45) is 4.18. The zero-order valence-electron chi connectivity index (χ0n) is 16.7. The Balaban J connectivity index is 1.68. The van der Waals surface area contributed by atoms with Crippen molar-refractivity contribution in [1.29, 1.82) is 0 Å². The number of amides is 1. The molecule has 3 aromatic rings. The fourth-order valence-electron chi connectivity index (χ4n) is 4.48. The van der Waals surface area contributed by atoms with Crippen LogP contribution in [0.15, 0.2) is 65.6 Å². The maximum absolute atomic E-state index is 13.9. The highest BCUT2D eigenvalue weighted by atomic mass is 32.1. The number of benzene rings is 2. The van der Waals surface area contributed by atoms with Crippen LogP contribution in [0.1, 0.15) is 40.5 Å². The Hall–Kier alpha value is -3.25. The van der Waals surface area contributed by atoms with Crippen LogP contribution in [0.25, 0.3) is 5.76 Å². The summed E-state index contributed by atoms with van der Waals surface area (Å²) in [6, 6.07) is 14.2. The van der Waals surface area contributed by atoms with Crippen LogP contribution in [0.3, 0.4) is 0 Å². The molecule has 2 heterocycles. The van der Waals surface area contributed by atoms with Gasteiger partial charge in [0.15, 0.2) is 0 Å². The smallest absolute Gasteiger partial charge is 0.300 e. The predicted octanol–water partition coefficient (Wildman–Crippen LogP) is 5.39. The summed E-state index contributed by atoms with van der Waals surface area (Å²) < 4.78 is 13.9. The van der Waals surface area contributed by atoms with Gasteiger partial charge in [-0.05, 0) is 72.5 Å². The van der Waals surface area contributed by atoms with Crippen molar-refractivity contribution in [3.05, 3.63) is 92.9 Å². The Bertz CT molecular complexity index is 1220. The summed E-state index contributed by atoms with van der Waals surface area (Å²) in [5, 5.41) is 13.1. The molecule has 0 spiro atoms. The molecular formula is C25H20FNO3S. The van der Waals surface area contributed by atoms with Crippen molar-refractivity contribution in [2.75, 3.05) is 4.90 Å². The van der Waals surface area contributed by atoms with E-state index in [0.717, 1.165) is 30.6 Å². The zero-order chi connectivity index (χ0) is 21.5. The number of fused-ring (bicyclic) bond motifs is 1. The van der Waals surface area contributed by atoms with E-state index < -0.39 is 23.5 Å². The number of nitrogens with zero attached hydrogens (tertiary/aromatic N) is 1. The monoisotopic (exact) mass is 433 g/mol. The molecule has 0 radical (unpaired) electrons. The number of anilines is 1. The van der Waals surface area contributed by atoms with Crippen LogP contribution in [0.4, 0.5) is 10.1 Å². The highest BCUT2D eigenvalue weighted by Gasteiger charge is 2.47. The molecule has 5 rings (SSSR count). The number of aliphatic hydroxyl groups excluding tert-OH is 1. The highest BCUT2D eigenvalue weighted by molar-refractivity contribution is 7.10. The van der Waals surface area contributed by atoms with Crippen LogP contribution in [-0.2, 0) is 22.4 Å². The van der Waals surface area contributed by atoms with E-state index in [1.165, 1.54) is 45.6 Å². The topological polar surface area (TPSA) is 57.6 Å². The Morgan fingerprint density at radius 3 is 2.55 bits per heavy atom. The third-order valence-electron chi connectivity index (χ3n) is 5.97. The largest absolute Gasteiger partial charge is 0.507 e. The molecule has 2 aromatic carbocycles. The molecule has 1 fully saturated rings. The fraction of sp³-hybridized carbons (Fsp3) is 0.200. The normalized spacial score (nSPS) is 20.2. The van der Waals surface area contributed by atoms with E-state index in [4.69, 9.17) is 0 Å². The van der Waals surface area contributed by atoms with E-state index in [1.807, 2.05) is 29.6 Å². The summed E-state index contributed by atoms with van der Waals surface area (Å²) in [5.41, 5.74) is 3.28. The van der Waals surface area contributed by atoms with Gasteiger partial charge in [0.25, 0.3) is 11.7 Å². The SMILES string of the molecule is O=C1C(=O)N(c2cccc(F)c2)C(c2cccs2)/C1=C(/O)c1ccc2c(c1)CCCC2. The van der Waals surface area contributed by atoms with Gasteiger partial charge in [0, 0.05) is 16.1 Å². The highest BCUT2D eigenvalue weighted by Crippen LogP contribution is 2.43. The molecule has 1 unspecified atom stereocenters. The number of halogens is 1. The lowest BCUT2D eigenvalue weighted by Gasteiger charge is -2.24. The fourth-order valence-corrected chi connectivity index (χ4v) is 5.30. The summed E-state index contributed by atoms with van der Waals surface area (Å²) in [7, 11) is 0. The van der Waals surface area contributed by atoms with Crippen LogP contribution < -0.4 is 4.90 Å². The van der Waals surface area contributed by atoms with Crippen molar-refractivity contribution in [3.63, 3.8) is 0 Å². The van der Waals surface area contributed by atoms with Gasteiger partial charge in [-0.3, -0.25) is 14.5 Å². The maximum Gasteiger partial charge on any atom is 0.300 e. The lowest BCUT2D eigenvalue weighted by Crippen LogP contribution is -2.29. The lowest BCUT2D eigenvalue weighted by molar-refractivity contribution is -0.132. The minimum Gasteiger partial charge on any atom is -0.507 e. The number of ketones is 1. The summed E-state index contributed by atoms with van der Waals surface area (Å²) in [6.45, 7) is 0. The van der Waals surface area contributed by atoms with Gasteiger partial charge in [0.2, 0.25) is 0 Å². The second-order valence-corrected chi connectivity index (χ2v) is 8.83. The van der Waals surface area contributed by atoms with E-state index in [2.05, 4.69) is 0 Å². The Kier molecular flexibility index (Phi) is 4.94. The van der Waals surface area contributed by atoms with Gasteiger partial charge in [-0.2, -0.15) is 0 Å². The first kappa shape index (κ1) is 19.7. The maximum atomic E-state index is 13.9. The molecular weight excluding hydrogens is 413 g/mol. The second kappa shape index (κ2) is 7.78. The van der Waals surface area contributed by atoms with Crippen LogP contribution >= 0.6 is 11.3 Å². The third kappa shape index (κ3) is 3.37. The molecule has 1 aliphatic heterocycles. The molecule has 156 valence electrons. The standard InChI is InChI=1S/C25H20FNO3S/c26-18-7-3-8-19(14-18)27-22(20-9-4-12-31-20)21(24(29)25(27)30)23(28)17-11-10-15-5-1-2-6-16(15)13-17/h3-4,7-14,22,28H,1-2,5-6H2/b23-21-. The average molecular weight is 434 g/mol. The third-order valence-corrected chi connectivity index (χ3v) is 6.89. The Labute approximate surface area is 183 Å². The first-order valence-electron chi connectivity index (χ1n) is 10.3. The number of thiophene rings is 1. The van der Waals surface area contributed by atoms with E-state index in [9.17, 15) is 19.1 Å². The first-order valence-corrected chi connectivity index (χ1v) is 11.1. The molecule has 1 atom stereocenters. The molecule has 31 heavy (non-hydrogen) atoms. The molecule has 1 saturated heterocycles. The molecule has 1 amide bonds. The van der Waals surface area contributed by atoms with E-state index in [-0.39, 0.29) is 17.0 Å². The molecule has 1 aromatic heterocycles. The van der Waals surface area contributed by atoms with E-state index in [1.54, 1.807) is 12.1 Å². The van der Waals surface area contributed by atoms with Crippen LogP contribution in [0, 0.1) is 5.82 Å². The number of carbonyl (C=O) groups is 2. The minimum atomic E-state index is -0.808. The minimum absolute atomic E-state index is 0.0347. The van der Waals surface area contributed by atoms with Gasteiger partial charge < -0.3 is 5.11 Å². The van der Waals surface area contributed by atoms with Crippen molar-refractivity contribution in [3.8, 4) is 0 Å². The number of aliphatic hydroxyl groups is 1.